The van der Waals surface area contributed by atoms with Gasteiger partial charge in [0.1, 0.15) is 17.7 Å². The molecule has 5 nitrogen and oxygen atoms in total. The molecule has 0 spiro atoms. The Balaban J connectivity index is 0.00000312. The summed E-state index contributed by atoms with van der Waals surface area (Å²) in [5.41, 5.74) is 0. The van der Waals surface area contributed by atoms with Crippen molar-refractivity contribution >= 4 is 29.9 Å². The van der Waals surface area contributed by atoms with E-state index in [-0.39, 0.29) is 42.0 Å². The summed E-state index contributed by atoms with van der Waals surface area (Å²) in [6.45, 7) is 5.92. The van der Waals surface area contributed by atoms with E-state index in [0.717, 1.165) is 38.3 Å². The molecule has 0 bridgehead atoms. The number of rotatable bonds is 7. The van der Waals surface area contributed by atoms with Gasteiger partial charge in [0.2, 0.25) is 0 Å². The molecule has 1 fully saturated rings. The predicted molar refractivity (Wildman–Crippen MR) is 109 cm³/mol. The number of halogens is 2. The van der Waals surface area contributed by atoms with E-state index in [9.17, 15) is 9.50 Å². The van der Waals surface area contributed by atoms with Gasteiger partial charge in [-0.2, -0.15) is 0 Å². The molecule has 1 saturated carbocycles. The van der Waals surface area contributed by atoms with Gasteiger partial charge in [-0.15, -0.1) is 24.0 Å². The van der Waals surface area contributed by atoms with Crippen molar-refractivity contribution in [3.05, 3.63) is 30.1 Å². The molecule has 25 heavy (non-hydrogen) atoms. The van der Waals surface area contributed by atoms with Gasteiger partial charge in [-0.3, -0.25) is 0 Å². The third-order valence-corrected chi connectivity index (χ3v) is 4.15. The number of nitrogens with zero attached hydrogens (tertiary/aromatic N) is 1. The lowest BCUT2D eigenvalue weighted by atomic mass is 10.1. The Hall–Kier alpha value is -1.09. The summed E-state index contributed by atoms with van der Waals surface area (Å²) in [7, 11) is 0. The van der Waals surface area contributed by atoms with Crippen LogP contribution < -0.4 is 15.4 Å². The Morgan fingerprint density at radius 3 is 2.64 bits per heavy atom. The third-order valence-electron chi connectivity index (χ3n) is 4.15. The third kappa shape index (κ3) is 7.77. The van der Waals surface area contributed by atoms with Crippen LogP contribution in [0.15, 0.2) is 29.3 Å². The molecular formula is C18H29FIN3O2. The maximum atomic E-state index is 12.9. The molecule has 2 rings (SSSR count). The number of aliphatic imine (C=N–C) groups is 1. The molecule has 0 heterocycles. The highest BCUT2D eigenvalue weighted by Crippen LogP contribution is 2.24. The molecule has 0 radical (unpaired) electrons. The van der Waals surface area contributed by atoms with E-state index in [1.54, 1.807) is 12.1 Å². The monoisotopic (exact) mass is 465 g/mol. The minimum Gasteiger partial charge on any atom is -0.489 e. The molecule has 3 N–H and O–H groups in total. The first-order valence-corrected chi connectivity index (χ1v) is 8.71. The quantitative estimate of drug-likeness (QED) is 0.329. The SMILES string of the molecule is CCNC(=NCC(C)Oc1ccc(F)cc1)NCC1CCCC1O.I. The van der Waals surface area contributed by atoms with Crippen LogP contribution in [0, 0.1) is 11.7 Å². The molecule has 3 atom stereocenters. The van der Waals surface area contributed by atoms with E-state index >= 15 is 0 Å². The molecule has 0 amide bonds. The summed E-state index contributed by atoms with van der Waals surface area (Å²) in [6.07, 6.45) is 2.70. The standard InChI is InChI=1S/C18H28FN3O2.HI/c1-3-20-18(22-12-14-5-4-6-17(14)23)21-11-13(2)24-16-9-7-15(19)8-10-16;/h7-10,13-14,17,23H,3-6,11-12H2,1-2H3,(H2,20,21,22);1H. The van der Waals surface area contributed by atoms with Gasteiger partial charge in [0.25, 0.3) is 0 Å². The van der Waals surface area contributed by atoms with Crippen molar-refractivity contribution in [2.24, 2.45) is 10.9 Å². The summed E-state index contributed by atoms with van der Waals surface area (Å²) in [6, 6.07) is 5.98. The second kappa shape index (κ2) is 11.5. The summed E-state index contributed by atoms with van der Waals surface area (Å²) in [5.74, 6) is 1.37. The maximum Gasteiger partial charge on any atom is 0.191 e. The number of benzene rings is 1. The summed E-state index contributed by atoms with van der Waals surface area (Å²) in [4.78, 5) is 4.53. The van der Waals surface area contributed by atoms with Crippen molar-refractivity contribution in [1.29, 1.82) is 0 Å². The van der Waals surface area contributed by atoms with E-state index in [1.165, 1.54) is 12.1 Å². The van der Waals surface area contributed by atoms with Crippen molar-refractivity contribution in [3.8, 4) is 5.75 Å². The van der Waals surface area contributed by atoms with Crippen molar-refractivity contribution < 1.29 is 14.2 Å². The van der Waals surface area contributed by atoms with Crippen molar-refractivity contribution in [2.45, 2.75) is 45.3 Å². The van der Waals surface area contributed by atoms with Crippen molar-refractivity contribution in [1.82, 2.24) is 10.6 Å². The first-order valence-electron chi connectivity index (χ1n) is 8.71. The Morgan fingerprint density at radius 1 is 1.32 bits per heavy atom. The van der Waals surface area contributed by atoms with Crippen LogP contribution in [0.2, 0.25) is 0 Å². The van der Waals surface area contributed by atoms with Gasteiger partial charge in [0, 0.05) is 19.0 Å². The van der Waals surface area contributed by atoms with Crippen LogP contribution in [0.25, 0.3) is 0 Å². The van der Waals surface area contributed by atoms with Crippen LogP contribution in [-0.2, 0) is 0 Å². The van der Waals surface area contributed by atoms with Crippen molar-refractivity contribution in [3.63, 3.8) is 0 Å². The average Bonchev–Trinajstić information content (AvgIpc) is 2.97. The smallest absolute Gasteiger partial charge is 0.191 e. The fourth-order valence-corrected chi connectivity index (χ4v) is 2.83. The number of hydrogen-bond donors (Lipinski definition) is 3. The summed E-state index contributed by atoms with van der Waals surface area (Å²) < 4.78 is 18.6. The normalized spacial score (nSPS) is 21.4. The number of hydrogen-bond acceptors (Lipinski definition) is 3. The largest absolute Gasteiger partial charge is 0.489 e. The molecule has 1 aliphatic carbocycles. The molecular weight excluding hydrogens is 436 g/mol. The van der Waals surface area contributed by atoms with E-state index in [0.29, 0.717) is 18.2 Å². The Bertz CT molecular complexity index is 528. The van der Waals surface area contributed by atoms with Gasteiger partial charge in [-0.05, 0) is 51.0 Å². The first-order chi connectivity index (χ1) is 11.6. The van der Waals surface area contributed by atoms with Gasteiger partial charge in [0.15, 0.2) is 5.96 Å². The van der Waals surface area contributed by atoms with Gasteiger partial charge < -0.3 is 20.5 Å². The topological polar surface area (TPSA) is 65.9 Å². The lowest BCUT2D eigenvalue weighted by Gasteiger charge is -2.18. The van der Waals surface area contributed by atoms with E-state index in [1.807, 2.05) is 13.8 Å². The average molecular weight is 465 g/mol. The molecule has 0 aromatic heterocycles. The zero-order chi connectivity index (χ0) is 17.4. The number of nitrogens with one attached hydrogen (secondary N) is 2. The van der Waals surface area contributed by atoms with Crippen LogP contribution in [0.5, 0.6) is 5.75 Å². The maximum absolute atomic E-state index is 12.9. The zero-order valence-electron chi connectivity index (χ0n) is 14.9. The molecule has 3 unspecified atom stereocenters. The molecule has 1 aliphatic rings. The van der Waals surface area contributed by atoms with Crippen LogP contribution in [0.3, 0.4) is 0 Å². The van der Waals surface area contributed by atoms with Crippen LogP contribution >= 0.6 is 24.0 Å². The predicted octanol–water partition coefficient (Wildman–Crippen LogP) is 2.93. The molecule has 1 aromatic rings. The number of guanidine groups is 1. The Labute approximate surface area is 166 Å². The lowest BCUT2D eigenvalue weighted by Crippen LogP contribution is -2.41. The second-order valence-corrected chi connectivity index (χ2v) is 6.24. The summed E-state index contributed by atoms with van der Waals surface area (Å²) in [5, 5.41) is 16.4. The first kappa shape index (κ1) is 22.0. The van der Waals surface area contributed by atoms with Gasteiger partial charge >= 0.3 is 0 Å². The fourth-order valence-electron chi connectivity index (χ4n) is 2.83. The highest BCUT2D eigenvalue weighted by molar-refractivity contribution is 14.0. The molecule has 142 valence electrons. The fraction of sp³-hybridized carbons (Fsp3) is 0.611. The van der Waals surface area contributed by atoms with Crippen LogP contribution in [0.4, 0.5) is 4.39 Å². The van der Waals surface area contributed by atoms with Gasteiger partial charge in [0.05, 0.1) is 12.6 Å². The van der Waals surface area contributed by atoms with Gasteiger partial charge in [-0.1, -0.05) is 6.42 Å². The van der Waals surface area contributed by atoms with Crippen LogP contribution in [0.1, 0.15) is 33.1 Å². The Kier molecular flexibility index (Phi) is 10.1. The lowest BCUT2D eigenvalue weighted by molar-refractivity contribution is 0.134. The highest BCUT2D eigenvalue weighted by atomic mass is 127. The summed E-state index contributed by atoms with van der Waals surface area (Å²) >= 11 is 0. The molecule has 0 saturated heterocycles. The van der Waals surface area contributed by atoms with Crippen LogP contribution in [-0.4, -0.2) is 42.9 Å². The number of aliphatic hydroxyl groups is 1. The number of ether oxygens (including phenoxy) is 1. The van der Waals surface area contributed by atoms with Gasteiger partial charge in [-0.25, -0.2) is 9.38 Å². The molecule has 7 heteroatoms. The molecule has 0 aliphatic heterocycles. The number of aliphatic hydroxyl groups excluding tert-OH is 1. The Morgan fingerprint density at radius 2 is 2.04 bits per heavy atom. The molecule has 1 aromatic carbocycles. The van der Waals surface area contributed by atoms with E-state index < -0.39 is 0 Å². The van der Waals surface area contributed by atoms with E-state index in [4.69, 9.17) is 4.74 Å². The van der Waals surface area contributed by atoms with E-state index in [2.05, 4.69) is 15.6 Å². The highest BCUT2D eigenvalue weighted by Gasteiger charge is 2.24. The zero-order valence-corrected chi connectivity index (χ0v) is 17.2. The second-order valence-electron chi connectivity index (χ2n) is 6.24. The minimum absolute atomic E-state index is 0. The van der Waals surface area contributed by atoms with Crippen molar-refractivity contribution in [2.75, 3.05) is 19.6 Å². The minimum atomic E-state index is -0.277.